The lowest BCUT2D eigenvalue weighted by molar-refractivity contribution is 0.0950. The van der Waals surface area contributed by atoms with Gasteiger partial charge >= 0.3 is 0 Å². The third-order valence-electron chi connectivity index (χ3n) is 2.95. The highest BCUT2D eigenvalue weighted by Crippen LogP contribution is 2.18. The number of hydrogen-bond donors (Lipinski definition) is 1. The molecule has 22 heavy (non-hydrogen) atoms. The summed E-state index contributed by atoms with van der Waals surface area (Å²) >= 11 is 12.6. The molecule has 5 nitrogen and oxygen atoms in total. The highest BCUT2D eigenvalue weighted by Gasteiger charge is 2.12. The van der Waals surface area contributed by atoms with E-state index in [4.69, 9.17) is 11.6 Å². The lowest BCUT2D eigenvalue weighted by atomic mass is 10.2. The number of halogens is 3. The van der Waals surface area contributed by atoms with E-state index >= 15 is 0 Å². The number of rotatable bonds is 3. The van der Waals surface area contributed by atoms with Crippen molar-refractivity contribution in [3.63, 3.8) is 0 Å². The van der Waals surface area contributed by atoms with Crippen molar-refractivity contribution in [1.29, 1.82) is 0 Å². The van der Waals surface area contributed by atoms with Crippen LogP contribution in [0.2, 0.25) is 5.15 Å². The Morgan fingerprint density at radius 1 is 1.27 bits per heavy atom. The molecular formula is C14H9Br2ClN4O. The highest BCUT2D eigenvalue weighted by molar-refractivity contribution is 9.10. The summed E-state index contributed by atoms with van der Waals surface area (Å²) in [5, 5.41) is 2.95. The number of nitrogens with one attached hydrogen (secondary N) is 1. The molecular weight excluding hydrogens is 435 g/mol. The summed E-state index contributed by atoms with van der Waals surface area (Å²) in [7, 11) is 0. The quantitative estimate of drug-likeness (QED) is 0.625. The second-order valence-electron chi connectivity index (χ2n) is 4.52. The Labute approximate surface area is 148 Å². The Kier molecular flexibility index (Phi) is 4.46. The zero-order valence-electron chi connectivity index (χ0n) is 11.1. The number of carbonyl (C=O) groups excluding carboxylic acids is 1. The van der Waals surface area contributed by atoms with Gasteiger partial charge in [0.05, 0.1) is 17.8 Å². The molecule has 0 aliphatic rings. The minimum Gasteiger partial charge on any atom is -0.346 e. The lowest BCUT2D eigenvalue weighted by Gasteiger charge is -2.05. The minimum absolute atomic E-state index is 0.166. The normalized spacial score (nSPS) is 10.9. The molecule has 0 spiro atoms. The Morgan fingerprint density at radius 3 is 2.91 bits per heavy atom. The lowest BCUT2D eigenvalue weighted by Crippen LogP contribution is -2.23. The number of aromatic nitrogens is 3. The summed E-state index contributed by atoms with van der Waals surface area (Å²) in [6.45, 7) is 0.307. The first-order chi connectivity index (χ1) is 10.5. The molecule has 112 valence electrons. The zero-order chi connectivity index (χ0) is 15.7. The summed E-state index contributed by atoms with van der Waals surface area (Å²) in [4.78, 5) is 20.5. The molecule has 0 aromatic carbocycles. The molecule has 3 aromatic heterocycles. The second-order valence-corrected chi connectivity index (χ2v) is 6.71. The monoisotopic (exact) mass is 442 g/mol. The van der Waals surface area contributed by atoms with E-state index in [1.54, 1.807) is 12.3 Å². The van der Waals surface area contributed by atoms with Crippen LogP contribution in [0.1, 0.15) is 16.1 Å². The van der Waals surface area contributed by atoms with Gasteiger partial charge in [-0.05, 0) is 50.1 Å². The molecule has 0 aliphatic heterocycles. The molecule has 3 aromatic rings. The molecule has 1 amide bonds. The van der Waals surface area contributed by atoms with Gasteiger partial charge in [0.25, 0.3) is 5.91 Å². The van der Waals surface area contributed by atoms with Gasteiger partial charge < -0.3 is 9.72 Å². The van der Waals surface area contributed by atoms with Gasteiger partial charge in [-0.2, -0.15) is 0 Å². The molecule has 3 rings (SSSR count). The van der Waals surface area contributed by atoms with Crippen LogP contribution in [-0.4, -0.2) is 20.3 Å². The number of hydrogen-bond acceptors (Lipinski definition) is 3. The Bertz CT molecular complexity index is 865. The van der Waals surface area contributed by atoms with E-state index in [1.807, 2.05) is 28.9 Å². The molecule has 0 aliphatic carbocycles. The number of carbonyl (C=O) groups is 1. The van der Waals surface area contributed by atoms with Crippen molar-refractivity contribution in [1.82, 2.24) is 19.7 Å². The van der Waals surface area contributed by atoms with Crippen LogP contribution in [0.15, 0.2) is 45.7 Å². The van der Waals surface area contributed by atoms with E-state index in [2.05, 4.69) is 47.1 Å². The first-order valence-corrected chi connectivity index (χ1v) is 8.22. The van der Waals surface area contributed by atoms with Crippen LogP contribution in [0.4, 0.5) is 0 Å². The van der Waals surface area contributed by atoms with E-state index in [1.165, 1.54) is 0 Å². The van der Waals surface area contributed by atoms with Crippen molar-refractivity contribution >= 4 is 55.0 Å². The standard InChI is InChI=1S/C14H9Br2ClN4O/c15-8-1-2-12-20-10(7-21(12)6-8)5-19-14(22)11-3-9(16)4-18-13(11)17/h1-4,6-7H,5H2,(H,19,22). The van der Waals surface area contributed by atoms with Crippen molar-refractivity contribution < 1.29 is 4.79 Å². The van der Waals surface area contributed by atoms with Crippen LogP contribution < -0.4 is 5.32 Å². The minimum atomic E-state index is -0.294. The number of imidazole rings is 1. The molecule has 0 unspecified atom stereocenters. The molecule has 3 heterocycles. The van der Waals surface area contributed by atoms with Crippen molar-refractivity contribution in [3.8, 4) is 0 Å². The van der Waals surface area contributed by atoms with Gasteiger partial charge in [-0.1, -0.05) is 11.6 Å². The third kappa shape index (κ3) is 3.31. The van der Waals surface area contributed by atoms with E-state index < -0.39 is 0 Å². The smallest absolute Gasteiger partial charge is 0.254 e. The fourth-order valence-electron chi connectivity index (χ4n) is 1.95. The van der Waals surface area contributed by atoms with Gasteiger partial charge in [0, 0.05) is 27.5 Å². The number of nitrogens with zero attached hydrogens (tertiary/aromatic N) is 3. The van der Waals surface area contributed by atoms with Gasteiger partial charge in [0.1, 0.15) is 10.8 Å². The van der Waals surface area contributed by atoms with Gasteiger partial charge in [0.2, 0.25) is 0 Å². The van der Waals surface area contributed by atoms with Crippen molar-refractivity contribution in [2.45, 2.75) is 6.54 Å². The molecule has 0 bridgehead atoms. The molecule has 8 heteroatoms. The van der Waals surface area contributed by atoms with Crippen molar-refractivity contribution in [2.75, 3.05) is 0 Å². The van der Waals surface area contributed by atoms with E-state index in [9.17, 15) is 4.79 Å². The Balaban J connectivity index is 1.75. The first kappa shape index (κ1) is 15.5. The number of fused-ring (bicyclic) bond motifs is 1. The SMILES string of the molecule is O=C(NCc1cn2cc(Br)ccc2n1)c1cc(Br)cnc1Cl. The maximum absolute atomic E-state index is 12.2. The van der Waals surface area contributed by atoms with Crippen LogP contribution >= 0.6 is 43.5 Å². The van der Waals surface area contributed by atoms with E-state index in [0.29, 0.717) is 16.6 Å². The number of pyridine rings is 2. The Morgan fingerprint density at radius 2 is 2.09 bits per heavy atom. The maximum atomic E-state index is 12.2. The largest absolute Gasteiger partial charge is 0.346 e. The van der Waals surface area contributed by atoms with Crippen LogP contribution in [0, 0.1) is 0 Å². The summed E-state index contributed by atoms with van der Waals surface area (Å²) in [5.74, 6) is -0.294. The summed E-state index contributed by atoms with van der Waals surface area (Å²) < 4.78 is 3.54. The zero-order valence-corrected chi connectivity index (χ0v) is 15.0. The summed E-state index contributed by atoms with van der Waals surface area (Å²) in [6.07, 6.45) is 5.31. The fourth-order valence-corrected chi connectivity index (χ4v) is 2.82. The average Bonchev–Trinajstić information content (AvgIpc) is 2.89. The molecule has 0 saturated heterocycles. The molecule has 0 saturated carbocycles. The topological polar surface area (TPSA) is 59.3 Å². The van der Waals surface area contributed by atoms with Gasteiger partial charge in [0.15, 0.2) is 0 Å². The average molecular weight is 445 g/mol. The predicted octanol–water partition coefficient (Wildman–Crippen LogP) is 3.84. The van der Waals surface area contributed by atoms with Crippen molar-refractivity contribution in [3.05, 3.63) is 62.1 Å². The van der Waals surface area contributed by atoms with Gasteiger partial charge in [-0.15, -0.1) is 0 Å². The van der Waals surface area contributed by atoms with Gasteiger partial charge in [-0.3, -0.25) is 4.79 Å². The number of amides is 1. The third-order valence-corrected chi connectivity index (χ3v) is 4.15. The van der Waals surface area contributed by atoms with Crippen LogP contribution in [0.25, 0.3) is 5.65 Å². The molecule has 1 N–H and O–H groups in total. The molecule has 0 fully saturated rings. The highest BCUT2D eigenvalue weighted by atomic mass is 79.9. The summed E-state index contributed by atoms with van der Waals surface area (Å²) in [6, 6.07) is 5.44. The predicted molar refractivity (Wildman–Crippen MR) is 91.0 cm³/mol. The van der Waals surface area contributed by atoms with E-state index in [0.717, 1.165) is 15.8 Å². The fraction of sp³-hybridized carbons (Fsp3) is 0.0714. The first-order valence-electron chi connectivity index (χ1n) is 6.25. The van der Waals surface area contributed by atoms with E-state index in [-0.39, 0.29) is 11.1 Å². The van der Waals surface area contributed by atoms with Crippen LogP contribution in [0.3, 0.4) is 0 Å². The second kappa shape index (κ2) is 6.36. The molecule has 0 atom stereocenters. The maximum Gasteiger partial charge on any atom is 0.254 e. The van der Waals surface area contributed by atoms with Crippen molar-refractivity contribution in [2.24, 2.45) is 0 Å². The summed E-state index contributed by atoms with van der Waals surface area (Å²) in [5.41, 5.74) is 1.89. The van der Waals surface area contributed by atoms with Crippen LogP contribution in [0.5, 0.6) is 0 Å². The Hall–Kier alpha value is -1.44. The van der Waals surface area contributed by atoms with Gasteiger partial charge in [-0.25, -0.2) is 9.97 Å². The van der Waals surface area contributed by atoms with Crippen LogP contribution in [-0.2, 0) is 6.54 Å². The molecule has 0 radical (unpaired) electrons.